The monoisotopic (exact) mass is 449 g/mol. The van der Waals surface area contributed by atoms with Gasteiger partial charge in [-0.15, -0.1) is 0 Å². The van der Waals surface area contributed by atoms with Gasteiger partial charge in [-0.3, -0.25) is 9.36 Å². The van der Waals surface area contributed by atoms with Crippen molar-refractivity contribution in [3.05, 3.63) is 65.5 Å². The molecule has 6 nitrogen and oxygen atoms in total. The number of thioether (sulfide) groups is 1. The number of carbonyl (C=O) groups excluding carboxylic acids is 1. The zero-order valence-corrected chi connectivity index (χ0v) is 19.0. The van der Waals surface area contributed by atoms with Gasteiger partial charge in [0.2, 0.25) is 5.91 Å². The Bertz CT molecular complexity index is 1110. The highest BCUT2D eigenvalue weighted by molar-refractivity contribution is 7.99. The molecule has 166 valence electrons. The van der Waals surface area contributed by atoms with E-state index in [0.717, 1.165) is 40.7 Å². The number of benzene rings is 2. The fourth-order valence-electron chi connectivity index (χ4n) is 4.28. The van der Waals surface area contributed by atoms with Crippen molar-refractivity contribution in [3.63, 3.8) is 0 Å². The summed E-state index contributed by atoms with van der Waals surface area (Å²) >= 11 is 1.50. The number of nitrogens with zero attached hydrogens (tertiary/aromatic N) is 2. The molecule has 5 rings (SSSR count). The van der Waals surface area contributed by atoms with Crippen molar-refractivity contribution >= 4 is 17.7 Å². The molecule has 7 heteroatoms. The van der Waals surface area contributed by atoms with Crippen LogP contribution in [0.2, 0.25) is 0 Å². The van der Waals surface area contributed by atoms with Gasteiger partial charge < -0.3 is 14.8 Å². The summed E-state index contributed by atoms with van der Waals surface area (Å²) in [5, 5.41) is 3.99. The molecule has 1 atom stereocenters. The van der Waals surface area contributed by atoms with Gasteiger partial charge in [0.25, 0.3) is 0 Å². The van der Waals surface area contributed by atoms with E-state index < -0.39 is 0 Å². The first-order chi connectivity index (χ1) is 15.7. The standard InChI is InChI=1S/C25H27N3O3S/c1-17(18-11-12-22-23(15-18)31-14-13-30-22)26-24(29)16-32-25-27-20-9-5-6-10-21(20)28(25)19-7-3-2-4-8-19/h2-4,7-8,11-12,15,17H,5-6,9-10,13-14,16H2,1H3,(H,26,29)/t17-/m0/s1. The Morgan fingerprint density at radius 2 is 1.88 bits per heavy atom. The highest BCUT2D eigenvalue weighted by Gasteiger charge is 2.22. The topological polar surface area (TPSA) is 65.4 Å². The lowest BCUT2D eigenvalue weighted by atomic mass is 10.0. The maximum absolute atomic E-state index is 12.8. The molecule has 0 fully saturated rings. The number of hydrogen-bond acceptors (Lipinski definition) is 5. The average molecular weight is 450 g/mol. The van der Waals surface area contributed by atoms with E-state index in [1.165, 1.54) is 36.0 Å². The Hall–Kier alpha value is -2.93. The molecule has 2 aliphatic rings. The summed E-state index contributed by atoms with van der Waals surface area (Å²) in [4.78, 5) is 17.7. The third-order valence-electron chi connectivity index (χ3n) is 5.89. The highest BCUT2D eigenvalue weighted by Crippen LogP contribution is 2.33. The quantitative estimate of drug-likeness (QED) is 0.562. The lowest BCUT2D eigenvalue weighted by Gasteiger charge is -2.21. The molecular formula is C25H27N3O3S. The van der Waals surface area contributed by atoms with E-state index in [9.17, 15) is 4.79 Å². The minimum atomic E-state index is -0.124. The van der Waals surface area contributed by atoms with E-state index in [0.29, 0.717) is 19.0 Å². The molecule has 2 heterocycles. The van der Waals surface area contributed by atoms with Gasteiger partial charge in [0.1, 0.15) is 13.2 Å². The molecule has 0 bridgehead atoms. The fraction of sp³-hybridized carbons (Fsp3) is 0.360. The van der Waals surface area contributed by atoms with Crippen molar-refractivity contribution in [2.45, 2.75) is 43.8 Å². The van der Waals surface area contributed by atoms with E-state index in [1.807, 2.05) is 43.3 Å². The van der Waals surface area contributed by atoms with E-state index in [4.69, 9.17) is 14.5 Å². The number of aryl methyl sites for hydroxylation is 1. The van der Waals surface area contributed by atoms with E-state index in [-0.39, 0.29) is 11.9 Å². The molecule has 3 aromatic rings. The molecule has 2 aromatic carbocycles. The molecule has 32 heavy (non-hydrogen) atoms. The van der Waals surface area contributed by atoms with Crippen molar-refractivity contribution in [2.24, 2.45) is 0 Å². The largest absolute Gasteiger partial charge is 0.486 e. The lowest BCUT2D eigenvalue weighted by Crippen LogP contribution is -2.28. The number of para-hydroxylation sites is 1. The second kappa shape index (κ2) is 9.28. The number of hydrogen-bond donors (Lipinski definition) is 1. The van der Waals surface area contributed by atoms with Crippen LogP contribution in [0.1, 0.15) is 42.8 Å². The summed E-state index contributed by atoms with van der Waals surface area (Å²) in [5.74, 6) is 1.79. The highest BCUT2D eigenvalue weighted by atomic mass is 32.2. The van der Waals surface area contributed by atoms with Crippen molar-refractivity contribution in [1.29, 1.82) is 0 Å². The van der Waals surface area contributed by atoms with Crippen LogP contribution in [0.3, 0.4) is 0 Å². The summed E-state index contributed by atoms with van der Waals surface area (Å²) < 4.78 is 13.5. The molecule has 1 N–H and O–H groups in total. The third-order valence-corrected chi connectivity index (χ3v) is 6.83. The molecule has 1 aliphatic carbocycles. The predicted octanol–water partition coefficient (Wildman–Crippen LogP) is 4.49. The predicted molar refractivity (Wildman–Crippen MR) is 125 cm³/mol. The van der Waals surface area contributed by atoms with Gasteiger partial charge in [-0.25, -0.2) is 4.98 Å². The summed E-state index contributed by atoms with van der Waals surface area (Å²) in [5.41, 5.74) is 4.56. The number of aromatic nitrogens is 2. The number of rotatable bonds is 6. The van der Waals surface area contributed by atoms with Crippen molar-refractivity contribution < 1.29 is 14.3 Å². The van der Waals surface area contributed by atoms with Crippen LogP contribution < -0.4 is 14.8 Å². The summed E-state index contributed by atoms with van der Waals surface area (Å²) in [6, 6.07) is 16.0. The van der Waals surface area contributed by atoms with Crippen LogP contribution in [0.4, 0.5) is 0 Å². The first-order valence-electron chi connectivity index (χ1n) is 11.2. The Balaban J connectivity index is 1.28. The Labute approximate surface area is 192 Å². The fourth-order valence-corrected chi connectivity index (χ4v) is 5.14. The van der Waals surface area contributed by atoms with E-state index in [2.05, 4.69) is 22.0 Å². The van der Waals surface area contributed by atoms with Gasteiger partial charge in [-0.2, -0.15) is 0 Å². The number of ether oxygens (including phenoxy) is 2. The van der Waals surface area contributed by atoms with Crippen molar-refractivity contribution in [2.75, 3.05) is 19.0 Å². The number of fused-ring (bicyclic) bond motifs is 2. The maximum Gasteiger partial charge on any atom is 0.230 e. The number of amides is 1. The Kier molecular flexibility index (Phi) is 6.08. The van der Waals surface area contributed by atoms with Gasteiger partial charge in [0, 0.05) is 11.4 Å². The molecule has 0 spiro atoms. The third kappa shape index (κ3) is 4.35. The van der Waals surface area contributed by atoms with Gasteiger partial charge in [0.15, 0.2) is 16.7 Å². The van der Waals surface area contributed by atoms with Gasteiger partial charge in [0.05, 0.1) is 17.5 Å². The summed E-state index contributed by atoms with van der Waals surface area (Å²) in [6.07, 6.45) is 4.40. The molecule has 1 aliphatic heterocycles. The van der Waals surface area contributed by atoms with Crippen LogP contribution in [0.5, 0.6) is 11.5 Å². The molecule has 0 radical (unpaired) electrons. The van der Waals surface area contributed by atoms with Crippen LogP contribution in [0, 0.1) is 0 Å². The maximum atomic E-state index is 12.8. The Morgan fingerprint density at radius 3 is 2.72 bits per heavy atom. The molecule has 0 saturated heterocycles. The van der Waals surface area contributed by atoms with Gasteiger partial charge in [-0.05, 0) is 62.4 Å². The number of carbonyl (C=O) groups is 1. The van der Waals surface area contributed by atoms with E-state index in [1.54, 1.807) is 0 Å². The second-order valence-corrected chi connectivity index (χ2v) is 9.09. The first-order valence-corrected chi connectivity index (χ1v) is 12.2. The smallest absolute Gasteiger partial charge is 0.230 e. The molecule has 0 saturated carbocycles. The van der Waals surface area contributed by atoms with Gasteiger partial charge >= 0.3 is 0 Å². The molecule has 1 aromatic heterocycles. The number of nitrogens with one attached hydrogen (secondary N) is 1. The van der Waals surface area contributed by atoms with Crippen LogP contribution in [0.15, 0.2) is 53.7 Å². The first kappa shape index (κ1) is 20.9. The lowest BCUT2D eigenvalue weighted by molar-refractivity contribution is -0.119. The van der Waals surface area contributed by atoms with Crippen LogP contribution in [-0.4, -0.2) is 34.4 Å². The van der Waals surface area contributed by atoms with E-state index >= 15 is 0 Å². The average Bonchev–Trinajstić information content (AvgIpc) is 3.21. The minimum Gasteiger partial charge on any atom is -0.486 e. The van der Waals surface area contributed by atoms with Crippen LogP contribution >= 0.6 is 11.8 Å². The zero-order chi connectivity index (χ0) is 21.9. The van der Waals surface area contributed by atoms with Crippen LogP contribution in [-0.2, 0) is 17.6 Å². The molecular weight excluding hydrogens is 422 g/mol. The van der Waals surface area contributed by atoms with Crippen LogP contribution in [0.25, 0.3) is 5.69 Å². The van der Waals surface area contributed by atoms with Crippen molar-refractivity contribution in [1.82, 2.24) is 14.9 Å². The SMILES string of the molecule is C[C@H](NC(=O)CSc1nc2c(n1-c1ccccc1)CCCC2)c1ccc2c(c1)OCCO2. The minimum absolute atomic E-state index is 0.0158. The molecule has 1 amide bonds. The summed E-state index contributed by atoms with van der Waals surface area (Å²) in [7, 11) is 0. The molecule has 0 unspecified atom stereocenters. The van der Waals surface area contributed by atoms with Crippen molar-refractivity contribution in [3.8, 4) is 17.2 Å². The normalized spacial score (nSPS) is 15.7. The second-order valence-electron chi connectivity index (χ2n) is 8.15. The number of imidazole rings is 1. The zero-order valence-electron chi connectivity index (χ0n) is 18.2. The Morgan fingerprint density at radius 1 is 1.09 bits per heavy atom. The summed E-state index contributed by atoms with van der Waals surface area (Å²) in [6.45, 7) is 3.10. The van der Waals surface area contributed by atoms with Gasteiger partial charge in [-0.1, -0.05) is 36.0 Å².